The Hall–Kier alpha value is -2.95. The normalized spacial score (nSPS) is 13.1. The summed E-state index contributed by atoms with van der Waals surface area (Å²) in [6.45, 7) is 0.464. The number of nitrogens with zero attached hydrogens (tertiary/aromatic N) is 1. The molecule has 3 amide bonds. The van der Waals surface area contributed by atoms with Gasteiger partial charge in [0.15, 0.2) is 0 Å². The number of aryl methyl sites for hydroxylation is 1. The van der Waals surface area contributed by atoms with E-state index in [1.165, 1.54) is 5.56 Å². The van der Waals surface area contributed by atoms with Crippen molar-refractivity contribution in [2.45, 2.75) is 19.3 Å². The maximum Gasteiger partial charge on any atom is 0.329 e. The van der Waals surface area contributed by atoms with E-state index in [9.17, 15) is 14.4 Å². The Morgan fingerprint density at radius 3 is 2.42 bits per heavy atom. The van der Waals surface area contributed by atoms with E-state index in [2.05, 4.69) is 17.4 Å². The summed E-state index contributed by atoms with van der Waals surface area (Å²) >= 11 is 0. The van der Waals surface area contributed by atoms with Crippen molar-refractivity contribution in [3.63, 3.8) is 0 Å². The number of fused-ring (bicyclic) bond motifs is 1. The molecular weight excluding hydrogens is 304 g/mol. The summed E-state index contributed by atoms with van der Waals surface area (Å²) in [7, 11) is 0. The van der Waals surface area contributed by atoms with Gasteiger partial charge in [-0.05, 0) is 37.0 Å². The predicted molar refractivity (Wildman–Crippen MR) is 91.0 cm³/mol. The van der Waals surface area contributed by atoms with Crippen LogP contribution in [0.1, 0.15) is 28.8 Å². The first-order chi connectivity index (χ1) is 11.7. The van der Waals surface area contributed by atoms with Crippen LogP contribution in [-0.4, -0.2) is 24.3 Å². The lowest BCUT2D eigenvalue weighted by Gasteiger charge is -2.15. The van der Waals surface area contributed by atoms with Gasteiger partial charge >= 0.3 is 11.9 Å². The van der Waals surface area contributed by atoms with Crippen LogP contribution in [-0.2, 0) is 11.2 Å². The quantitative estimate of drug-likeness (QED) is 0.680. The van der Waals surface area contributed by atoms with Crippen molar-refractivity contribution in [1.82, 2.24) is 5.32 Å². The molecule has 0 radical (unpaired) electrons. The minimum atomic E-state index is -0.794. The zero-order valence-electron chi connectivity index (χ0n) is 13.2. The minimum absolute atomic E-state index is 0.279. The molecular formula is C19H18N2O3. The summed E-state index contributed by atoms with van der Waals surface area (Å²) in [4.78, 5) is 37.0. The zero-order chi connectivity index (χ0) is 16.9. The van der Waals surface area contributed by atoms with Gasteiger partial charge in [-0.15, -0.1) is 0 Å². The first-order valence-electron chi connectivity index (χ1n) is 7.98. The van der Waals surface area contributed by atoms with E-state index in [0.29, 0.717) is 12.2 Å². The number of anilines is 1. The summed E-state index contributed by atoms with van der Waals surface area (Å²) in [6, 6.07) is 16.1. The van der Waals surface area contributed by atoms with Crippen LogP contribution < -0.4 is 10.2 Å². The third-order valence-electron chi connectivity index (χ3n) is 4.00. The molecule has 0 saturated carbocycles. The highest BCUT2D eigenvalue weighted by atomic mass is 16.2. The number of amides is 3. The largest absolute Gasteiger partial charge is 0.337 e. The average molecular weight is 322 g/mol. The van der Waals surface area contributed by atoms with E-state index in [0.717, 1.165) is 24.2 Å². The van der Waals surface area contributed by atoms with E-state index in [1.807, 2.05) is 18.2 Å². The molecule has 0 saturated heterocycles. The molecule has 2 aromatic carbocycles. The van der Waals surface area contributed by atoms with Gasteiger partial charge < -0.3 is 5.32 Å². The lowest BCUT2D eigenvalue weighted by Crippen LogP contribution is -2.43. The van der Waals surface area contributed by atoms with Crippen LogP contribution in [0, 0.1) is 0 Å². The third-order valence-corrected chi connectivity index (χ3v) is 4.00. The van der Waals surface area contributed by atoms with Gasteiger partial charge in [0.1, 0.15) is 0 Å². The fourth-order valence-electron chi connectivity index (χ4n) is 2.76. The molecule has 24 heavy (non-hydrogen) atoms. The number of unbranched alkanes of at least 4 members (excludes halogenated alkanes) is 1. The second-order valence-corrected chi connectivity index (χ2v) is 5.66. The van der Waals surface area contributed by atoms with Crippen LogP contribution in [0.15, 0.2) is 54.6 Å². The summed E-state index contributed by atoms with van der Waals surface area (Å²) < 4.78 is 0. The van der Waals surface area contributed by atoms with Crippen LogP contribution >= 0.6 is 0 Å². The Kier molecular flexibility index (Phi) is 4.70. The van der Waals surface area contributed by atoms with Crippen LogP contribution in [0.3, 0.4) is 0 Å². The number of benzene rings is 2. The molecule has 0 aliphatic carbocycles. The number of carbonyl (C=O) groups is 3. The average Bonchev–Trinajstić information content (AvgIpc) is 2.87. The van der Waals surface area contributed by atoms with Crippen LogP contribution in [0.4, 0.5) is 10.5 Å². The first-order valence-corrected chi connectivity index (χ1v) is 7.98. The van der Waals surface area contributed by atoms with Gasteiger partial charge in [0.05, 0.1) is 11.3 Å². The molecule has 2 aromatic rings. The van der Waals surface area contributed by atoms with E-state index >= 15 is 0 Å². The standard InChI is InChI=1S/C19H18N2O3/c22-17-15-11-4-5-12-16(15)21(18(17)23)19(24)20-13-7-6-10-14-8-2-1-3-9-14/h1-5,8-9,11-12H,6-7,10,13H2,(H,20,24). The molecule has 1 aliphatic rings. The predicted octanol–water partition coefficient (Wildman–Crippen LogP) is 2.95. The molecule has 1 N–H and O–H groups in total. The van der Waals surface area contributed by atoms with Gasteiger partial charge in [0.25, 0.3) is 5.78 Å². The smallest absolute Gasteiger partial charge is 0.329 e. The number of urea groups is 1. The highest BCUT2D eigenvalue weighted by Crippen LogP contribution is 2.28. The second-order valence-electron chi connectivity index (χ2n) is 5.66. The van der Waals surface area contributed by atoms with Crippen molar-refractivity contribution in [2.24, 2.45) is 0 Å². The number of nitrogens with one attached hydrogen (secondary N) is 1. The molecule has 0 unspecified atom stereocenters. The van der Waals surface area contributed by atoms with Gasteiger partial charge in [-0.25, -0.2) is 9.69 Å². The Balaban J connectivity index is 1.51. The van der Waals surface area contributed by atoms with E-state index in [4.69, 9.17) is 0 Å². The van der Waals surface area contributed by atoms with Crippen molar-refractivity contribution >= 4 is 23.4 Å². The van der Waals surface area contributed by atoms with Crippen molar-refractivity contribution in [1.29, 1.82) is 0 Å². The minimum Gasteiger partial charge on any atom is -0.337 e. The van der Waals surface area contributed by atoms with Crippen molar-refractivity contribution < 1.29 is 14.4 Å². The first kappa shape index (κ1) is 15.9. The maximum absolute atomic E-state index is 12.2. The van der Waals surface area contributed by atoms with E-state index in [1.54, 1.807) is 24.3 Å². The Labute approximate surface area is 140 Å². The number of Topliss-reactive ketones (excluding diaryl/α,β-unsaturated/α-hetero) is 1. The molecule has 5 heteroatoms. The molecule has 5 nitrogen and oxygen atoms in total. The van der Waals surface area contributed by atoms with Gasteiger partial charge in [0.2, 0.25) is 0 Å². The molecule has 3 rings (SSSR count). The fourth-order valence-corrected chi connectivity index (χ4v) is 2.76. The summed E-state index contributed by atoms with van der Waals surface area (Å²) in [6.07, 6.45) is 2.69. The van der Waals surface area contributed by atoms with Gasteiger partial charge in [-0.1, -0.05) is 42.5 Å². The molecule has 0 bridgehead atoms. The van der Waals surface area contributed by atoms with Crippen molar-refractivity contribution in [3.05, 3.63) is 65.7 Å². The highest BCUT2D eigenvalue weighted by molar-refractivity contribution is 6.56. The number of imide groups is 1. The monoisotopic (exact) mass is 322 g/mol. The molecule has 0 fully saturated rings. The molecule has 0 atom stereocenters. The van der Waals surface area contributed by atoms with Gasteiger partial charge in [-0.2, -0.15) is 0 Å². The number of hydrogen-bond donors (Lipinski definition) is 1. The van der Waals surface area contributed by atoms with Crippen molar-refractivity contribution in [2.75, 3.05) is 11.4 Å². The Morgan fingerprint density at radius 1 is 0.917 bits per heavy atom. The van der Waals surface area contributed by atoms with Gasteiger partial charge in [-0.3, -0.25) is 9.59 Å². The number of rotatable bonds is 5. The SMILES string of the molecule is O=C1C(=O)N(C(=O)NCCCCc2ccccc2)c2ccccc21. The zero-order valence-corrected chi connectivity index (χ0v) is 13.2. The summed E-state index contributed by atoms with van der Waals surface area (Å²) in [5, 5.41) is 2.72. The van der Waals surface area contributed by atoms with Crippen molar-refractivity contribution in [3.8, 4) is 0 Å². The Morgan fingerprint density at radius 2 is 1.62 bits per heavy atom. The number of hydrogen-bond acceptors (Lipinski definition) is 3. The number of ketones is 1. The summed E-state index contributed by atoms with van der Waals surface area (Å²) in [5.74, 6) is -1.43. The fraction of sp³-hybridized carbons (Fsp3) is 0.211. The topological polar surface area (TPSA) is 66.5 Å². The molecule has 0 spiro atoms. The Bertz CT molecular complexity index is 771. The molecule has 1 aliphatic heterocycles. The van der Waals surface area contributed by atoms with Crippen LogP contribution in [0.25, 0.3) is 0 Å². The molecule has 1 heterocycles. The highest BCUT2D eigenvalue weighted by Gasteiger charge is 2.39. The second kappa shape index (κ2) is 7.08. The third kappa shape index (κ3) is 3.20. The van der Waals surface area contributed by atoms with Gasteiger partial charge in [0, 0.05) is 6.54 Å². The van der Waals surface area contributed by atoms with Crippen LogP contribution in [0.5, 0.6) is 0 Å². The van der Waals surface area contributed by atoms with Crippen LogP contribution in [0.2, 0.25) is 0 Å². The lowest BCUT2D eigenvalue weighted by molar-refractivity contribution is -0.113. The van der Waals surface area contributed by atoms with E-state index in [-0.39, 0.29) is 5.56 Å². The van der Waals surface area contributed by atoms with E-state index < -0.39 is 17.7 Å². The summed E-state index contributed by atoms with van der Waals surface area (Å²) in [5.41, 5.74) is 1.90. The number of carbonyl (C=O) groups excluding carboxylic acids is 3. The molecule has 122 valence electrons. The molecule has 0 aromatic heterocycles. The lowest BCUT2D eigenvalue weighted by atomic mass is 10.1. The number of para-hydroxylation sites is 1. The maximum atomic E-state index is 12.2.